The van der Waals surface area contributed by atoms with Crippen molar-refractivity contribution in [2.75, 3.05) is 12.8 Å². The molecule has 0 aromatic carbocycles. The Morgan fingerprint density at radius 2 is 2.25 bits per heavy atom. The van der Waals surface area contributed by atoms with E-state index in [4.69, 9.17) is 0 Å². The Balaban J connectivity index is 2.34. The fourth-order valence-corrected chi connectivity index (χ4v) is 2.02. The van der Waals surface area contributed by atoms with Gasteiger partial charge in [0.05, 0.1) is 6.26 Å². The van der Waals surface area contributed by atoms with Gasteiger partial charge < -0.3 is 4.57 Å². The minimum absolute atomic E-state index is 0.475. The first-order valence-corrected chi connectivity index (χ1v) is 7.36. The van der Waals surface area contributed by atoms with Gasteiger partial charge in [-0.25, -0.2) is 18.1 Å². The zero-order valence-corrected chi connectivity index (χ0v) is 10.6. The van der Waals surface area contributed by atoms with E-state index in [2.05, 4.69) is 21.2 Å². The third kappa shape index (κ3) is 4.76. The van der Waals surface area contributed by atoms with Crippen LogP contribution in [-0.2, 0) is 23.0 Å². The van der Waals surface area contributed by atoms with Gasteiger partial charge >= 0.3 is 0 Å². The number of nitrogens with one attached hydrogen (secondary N) is 1. The van der Waals surface area contributed by atoms with Crippen LogP contribution >= 0.6 is 0 Å². The molecule has 5 nitrogen and oxygen atoms in total. The summed E-state index contributed by atoms with van der Waals surface area (Å²) >= 11 is 0. The predicted octanol–water partition coefficient (Wildman–Crippen LogP) is 0.775. The van der Waals surface area contributed by atoms with Crippen LogP contribution in [0.4, 0.5) is 0 Å². The average Bonchev–Trinajstić information content (AvgIpc) is 2.60. The van der Waals surface area contributed by atoms with Gasteiger partial charge in [-0.15, -0.1) is 0 Å². The van der Waals surface area contributed by atoms with Crippen molar-refractivity contribution in [2.45, 2.75) is 32.7 Å². The van der Waals surface area contributed by atoms with E-state index in [0.29, 0.717) is 6.54 Å². The molecule has 0 aliphatic heterocycles. The summed E-state index contributed by atoms with van der Waals surface area (Å²) in [5.74, 6) is 1.07. The normalized spacial score (nSPS) is 11.9. The molecular formula is C10H19N3O2S. The van der Waals surface area contributed by atoms with Crippen LogP contribution in [-0.4, -0.2) is 30.8 Å². The van der Waals surface area contributed by atoms with Crippen molar-refractivity contribution in [3.05, 3.63) is 18.2 Å². The number of imidazole rings is 1. The zero-order valence-electron chi connectivity index (χ0n) is 9.81. The monoisotopic (exact) mass is 245 g/mol. The van der Waals surface area contributed by atoms with Gasteiger partial charge in [0.1, 0.15) is 5.82 Å². The third-order valence-electron chi connectivity index (χ3n) is 2.22. The van der Waals surface area contributed by atoms with Crippen molar-refractivity contribution in [3.63, 3.8) is 0 Å². The van der Waals surface area contributed by atoms with Crippen LogP contribution < -0.4 is 4.72 Å². The lowest BCUT2D eigenvalue weighted by Crippen LogP contribution is -2.24. The van der Waals surface area contributed by atoms with Gasteiger partial charge in [-0.2, -0.15) is 0 Å². The number of aromatic nitrogens is 2. The van der Waals surface area contributed by atoms with Crippen LogP contribution in [0, 0.1) is 0 Å². The van der Waals surface area contributed by atoms with Gasteiger partial charge in [0.2, 0.25) is 10.0 Å². The lowest BCUT2D eigenvalue weighted by molar-refractivity contribution is 0.568. The van der Waals surface area contributed by atoms with Crippen LogP contribution in [0.2, 0.25) is 0 Å². The first-order chi connectivity index (χ1) is 7.53. The summed E-state index contributed by atoms with van der Waals surface area (Å²) in [7, 11) is -3.06. The summed E-state index contributed by atoms with van der Waals surface area (Å²) in [5.41, 5.74) is 0. The molecule has 1 rings (SSSR count). The molecule has 0 unspecified atom stereocenters. The first kappa shape index (κ1) is 13.2. The Morgan fingerprint density at radius 3 is 2.88 bits per heavy atom. The minimum Gasteiger partial charge on any atom is -0.335 e. The Bertz CT molecular complexity index is 411. The molecule has 0 radical (unpaired) electrons. The molecule has 1 aromatic heterocycles. The molecule has 16 heavy (non-hydrogen) atoms. The fraction of sp³-hybridized carbons (Fsp3) is 0.700. The molecule has 0 aliphatic carbocycles. The Hall–Kier alpha value is -0.880. The fourth-order valence-electron chi connectivity index (χ4n) is 1.50. The number of aryl methyl sites for hydroxylation is 2. The van der Waals surface area contributed by atoms with E-state index in [1.165, 1.54) is 6.26 Å². The molecule has 0 spiro atoms. The highest BCUT2D eigenvalue weighted by atomic mass is 32.2. The van der Waals surface area contributed by atoms with E-state index >= 15 is 0 Å². The zero-order chi connectivity index (χ0) is 12.0. The predicted molar refractivity (Wildman–Crippen MR) is 63.7 cm³/mol. The smallest absolute Gasteiger partial charge is 0.208 e. The highest BCUT2D eigenvalue weighted by Gasteiger charge is 2.02. The van der Waals surface area contributed by atoms with Gasteiger partial charge in [0, 0.05) is 31.9 Å². The first-order valence-electron chi connectivity index (χ1n) is 5.47. The number of sulfonamides is 1. The van der Waals surface area contributed by atoms with E-state index in [1.54, 1.807) is 6.20 Å². The minimum atomic E-state index is -3.06. The summed E-state index contributed by atoms with van der Waals surface area (Å²) in [6.07, 6.45) is 7.71. The lowest BCUT2D eigenvalue weighted by atomic mass is 10.3. The van der Waals surface area contributed by atoms with Crippen molar-refractivity contribution in [1.29, 1.82) is 0 Å². The molecule has 1 N–H and O–H groups in total. The second-order valence-corrected chi connectivity index (χ2v) is 5.64. The molecule has 0 amide bonds. The van der Waals surface area contributed by atoms with Gasteiger partial charge in [-0.05, 0) is 12.8 Å². The average molecular weight is 245 g/mol. The van der Waals surface area contributed by atoms with Crippen LogP contribution in [0.25, 0.3) is 0 Å². The second-order valence-electron chi connectivity index (χ2n) is 3.81. The summed E-state index contributed by atoms with van der Waals surface area (Å²) in [6, 6.07) is 0. The second kappa shape index (κ2) is 6.00. The van der Waals surface area contributed by atoms with Gasteiger partial charge in [-0.1, -0.05) is 6.92 Å². The standard InChI is InChI=1S/C10H19N3O2S/c1-3-5-10-11-7-9-13(10)8-4-6-12-16(2,14)15/h7,9,12H,3-6,8H2,1-2H3. The van der Waals surface area contributed by atoms with Crippen molar-refractivity contribution in [3.8, 4) is 0 Å². The van der Waals surface area contributed by atoms with Crippen molar-refractivity contribution in [1.82, 2.24) is 14.3 Å². The Morgan fingerprint density at radius 1 is 1.50 bits per heavy atom. The number of hydrogen-bond donors (Lipinski definition) is 1. The largest absolute Gasteiger partial charge is 0.335 e. The van der Waals surface area contributed by atoms with Crippen molar-refractivity contribution in [2.24, 2.45) is 0 Å². The number of rotatable bonds is 7. The summed E-state index contributed by atoms with van der Waals surface area (Å²) in [5, 5.41) is 0. The molecule has 0 saturated heterocycles. The maximum absolute atomic E-state index is 10.8. The molecule has 0 saturated carbocycles. The van der Waals surface area contributed by atoms with E-state index in [9.17, 15) is 8.42 Å². The Labute approximate surface area is 96.9 Å². The van der Waals surface area contributed by atoms with Gasteiger partial charge in [-0.3, -0.25) is 0 Å². The molecule has 92 valence electrons. The highest BCUT2D eigenvalue weighted by Crippen LogP contribution is 2.02. The molecule has 1 aromatic rings. The molecule has 0 fully saturated rings. The number of hydrogen-bond acceptors (Lipinski definition) is 3. The van der Waals surface area contributed by atoms with Crippen molar-refractivity contribution < 1.29 is 8.42 Å². The quantitative estimate of drug-likeness (QED) is 0.722. The SMILES string of the molecule is CCCc1nccn1CCCNS(C)(=O)=O. The van der Waals surface area contributed by atoms with Crippen LogP contribution in [0.3, 0.4) is 0 Å². The molecule has 1 heterocycles. The molecule has 0 atom stereocenters. The van der Waals surface area contributed by atoms with E-state index in [1.807, 2.05) is 6.20 Å². The maximum Gasteiger partial charge on any atom is 0.208 e. The molecule has 0 bridgehead atoms. The summed E-state index contributed by atoms with van der Waals surface area (Å²) in [4.78, 5) is 4.26. The van der Waals surface area contributed by atoms with Crippen LogP contribution in [0.1, 0.15) is 25.6 Å². The van der Waals surface area contributed by atoms with E-state index < -0.39 is 10.0 Å². The van der Waals surface area contributed by atoms with Crippen molar-refractivity contribution >= 4 is 10.0 Å². The van der Waals surface area contributed by atoms with Crippen LogP contribution in [0.5, 0.6) is 0 Å². The molecule has 0 aliphatic rings. The molecular weight excluding hydrogens is 226 g/mol. The number of nitrogens with zero attached hydrogens (tertiary/aromatic N) is 2. The van der Waals surface area contributed by atoms with Gasteiger partial charge in [0.25, 0.3) is 0 Å². The van der Waals surface area contributed by atoms with Crippen LogP contribution in [0.15, 0.2) is 12.4 Å². The van der Waals surface area contributed by atoms with E-state index in [-0.39, 0.29) is 0 Å². The lowest BCUT2D eigenvalue weighted by Gasteiger charge is -2.07. The maximum atomic E-state index is 10.8. The van der Waals surface area contributed by atoms with Gasteiger partial charge in [0.15, 0.2) is 0 Å². The Kier molecular flexibility index (Phi) is 4.95. The van der Waals surface area contributed by atoms with E-state index in [0.717, 1.165) is 31.6 Å². The third-order valence-corrected chi connectivity index (χ3v) is 2.94. The molecule has 6 heteroatoms. The highest BCUT2D eigenvalue weighted by molar-refractivity contribution is 7.88. The summed E-state index contributed by atoms with van der Waals surface area (Å²) < 4.78 is 26.2. The summed E-state index contributed by atoms with van der Waals surface area (Å²) in [6.45, 7) is 3.39. The topological polar surface area (TPSA) is 64.0 Å².